The third-order valence-electron chi connectivity index (χ3n) is 7.63. The zero-order valence-corrected chi connectivity index (χ0v) is 22.1. The van der Waals surface area contributed by atoms with E-state index in [2.05, 4.69) is 39.6 Å². The van der Waals surface area contributed by atoms with Crippen molar-refractivity contribution < 1.29 is 18.0 Å². The van der Waals surface area contributed by atoms with Gasteiger partial charge in [-0.15, -0.1) is 0 Å². The normalized spacial score (nSPS) is 21.3. The van der Waals surface area contributed by atoms with Crippen molar-refractivity contribution in [3.05, 3.63) is 74.7 Å². The number of allylic oxidation sites excluding steroid dienone is 2. The largest absolute Gasteiger partial charge is 0.401 e. The third-order valence-corrected chi connectivity index (χ3v) is 7.63. The Morgan fingerprint density at radius 2 is 1.84 bits per heavy atom. The van der Waals surface area contributed by atoms with E-state index in [1.807, 2.05) is 31.2 Å². The van der Waals surface area contributed by atoms with Crippen LogP contribution in [0.5, 0.6) is 0 Å². The highest BCUT2D eigenvalue weighted by atomic mass is 19.4. The number of rotatable bonds is 5. The molecule has 38 heavy (non-hydrogen) atoms. The minimum absolute atomic E-state index is 0.133. The number of carbonyl (C=O) groups is 1. The molecule has 1 aromatic carbocycles. The maximum absolute atomic E-state index is 13.4. The van der Waals surface area contributed by atoms with Crippen molar-refractivity contribution in [2.75, 3.05) is 18.0 Å². The number of aromatic nitrogens is 1. The van der Waals surface area contributed by atoms with E-state index in [0.717, 1.165) is 48.3 Å². The topological polar surface area (TPSA) is 77.2 Å². The number of nitrogens with one attached hydrogen (secondary N) is 3. The van der Waals surface area contributed by atoms with Gasteiger partial charge in [0.05, 0.1) is 6.54 Å². The zero-order valence-electron chi connectivity index (χ0n) is 22.1. The van der Waals surface area contributed by atoms with Gasteiger partial charge in [0.25, 0.3) is 11.5 Å². The second-order valence-corrected chi connectivity index (χ2v) is 10.3. The van der Waals surface area contributed by atoms with Crippen LogP contribution in [-0.2, 0) is 19.4 Å². The van der Waals surface area contributed by atoms with Crippen LogP contribution in [0.1, 0.15) is 71.8 Å². The zero-order chi connectivity index (χ0) is 27.3. The molecule has 206 valence electrons. The second-order valence-electron chi connectivity index (χ2n) is 10.3. The van der Waals surface area contributed by atoms with Gasteiger partial charge in [0, 0.05) is 47.7 Å². The summed E-state index contributed by atoms with van der Waals surface area (Å²) < 4.78 is 37.9. The molecule has 0 spiro atoms. The smallest absolute Gasteiger partial charge is 0.369 e. The van der Waals surface area contributed by atoms with Crippen molar-refractivity contribution >= 4 is 11.6 Å². The summed E-state index contributed by atoms with van der Waals surface area (Å²) in [4.78, 5) is 31.2. The average molecular weight is 531 g/mol. The van der Waals surface area contributed by atoms with Gasteiger partial charge in [0.1, 0.15) is 0 Å². The van der Waals surface area contributed by atoms with Gasteiger partial charge in [-0.3, -0.25) is 9.59 Å². The van der Waals surface area contributed by atoms with Crippen LogP contribution >= 0.6 is 0 Å². The Morgan fingerprint density at radius 3 is 2.55 bits per heavy atom. The number of hydrogen-bond acceptors (Lipinski definition) is 4. The number of pyridine rings is 1. The number of fused-ring (bicyclic) bond motifs is 2. The molecule has 3 N–H and O–H groups in total. The molecule has 1 aromatic heterocycles. The quantitative estimate of drug-likeness (QED) is 0.479. The Morgan fingerprint density at radius 1 is 1.08 bits per heavy atom. The highest BCUT2D eigenvalue weighted by molar-refractivity contribution is 5.97. The van der Waals surface area contributed by atoms with E-state index in [-0.39, 0.29) is 30.1 Å². The summed E-state index contributed by atoms with van der Waals surface area (Å²) in [7, 11) is 0. The number of aryl methyl sites for hydroxylation is 2. The predicted octanol–water partition coefficient (Wildman–Crippen LogP) is 4.95. The minimum atomic E-state index is -4.20. The molecule has 0 radical (unpaired) electrons. The number of carbonyl (C=O) groups excluding carboxylic acids is 1. The van der Waals surface area contributed by atoms with E-state index >= 15 is 0 Å². The summed E-state index contributed by atoms with van der Waals surface area (Å²) in [5.41, 5.74) is 4.66. The maximum atomic E-state index is 13.4. The Hall–Kier alpha value is -3.07. The van der Waals surface area contributed by atoms with Crippen LogP contribution in [0.3, 0.4) is 0 Å². The van der Waals surface area contributed by atoms with Crippen LogP contribution in [0.15, 0.2) is 41.2 Å². The molecule has 1 aliphatic carbocycles. The van der Waals surface area contributed by atoms with Crippen molar-refractivity contribution in [3.8, 4) is 0 Å². The molecule has 0 unspecified atom stereocenters. The highest BCUT2D eigenvalue weighted by Gasteiger charge is 2.31. The number of aromatic amines is 1. The molecular formula is C29H37F3N4O2. The number of halogens is 3. The number of anilines is 1. The van der Waals surface area contributed by atoms with Crippen LogP contribution in [0.4, 0.5) is 18.9 Å². The van der Waals surface area contributed by atoms with E-state index in [1.165, 1.54) is 0 Å². The maximum Gasteiger partial charge on any atom is 0.401 e. The summed E-state index contributed by atoms with van der Waals surface area (Å²) in [6.45, 7) is 3.86. The number of amides is 1. The van der Waals surface area contributed by atoms with Gasteiger partial charge in [-0.2, -0.15) is 13.2 Å². The third kappa shape index (κ3) is 6.87. The Balaban J connectivity index is 1.56. The average Bonchev–Trinajstić information content (AvgIpc) is 2.87. The lowest BCUT2D eigenvalue weighted by Gasteiger charge is -2.39. The Labute approximate surface area is 221 Å². The van der Waals surface area contributed by atoms with Crippen LogP contribution in [0.2, 0.25) is 0 Å². The van der Waals surface area contributed by atoms with Crippen molar-refractivity contribution in [1.29, 1.82) is 0 Å². The van der Waals surface area contributed by atoms with E-state index < -0.39 is 12.7 Å². The summed E-state index contributed by atoms with van der Waals surface area (Å²) in [6.07, 6.45) is 5.02. The lowest BCUT2D eigenvalue weighted by Crippen LogP contribution is -2.45. The molecule has 1 fully saturated rings. The van der Waals surface area contributed by atoms with Gasteiger partial charge < -0.3 is 20.5 Å². The molecule has 6 nitrogen and oxygen atoms in total. The second kappa shape index (κ2) is 12.2. The minimum Gasteiger partial charge on any atom is -0.369 e. The SMILES string of the molecule is CCN(c1cccc2c1C/C=C/CCc1cc(C)[nH]c(=O)c1CNC2=O)[C@H]1CC[C@H](NCC(F)(F)F)CC1. The summed E-state index contributed by atoms with van der Waals surface area (Å²) >= 11 is 0. The van der Waals surface area contributed by atoms with Crippen LogP contribution in [0, 0.1) is 6.92 Å². The Bertz CT molecular complexity index is 1210. The predicted molar refractivity (Wildman–Crippen MR) is 144 cm³/mol. The van der Waals surface area contributed by atoms with Crippen LogP contribution in [-0.4, -0.2) is 42.2 Å². The van der Waals surface area contributed by atoms with E-state index in [9.17, 15) is 22.8 Å². The number of alkyl halides is 3. The highest BCUT2D eigenvalue weighted by Crippen LogP contribution is 2.32. The van der Waals surface area contributed by atoms with Crippen molar-refractivity contribution in [3.63, 3.8) is 0 Å². The fraction of sp³-hybridized carbons (Fsp3) is 0.517. The number of H-pyrrole nitrogens is 1. The lowest BCUT2D eigenvalue weighted by atomic mass is 9.89. The molecular weight excluding hydrogens is 493 g/mol. The first-order chi connectivity index (χ1) is 18.2. The molecule has 1 amide bonds. The number of nitrogens with zero attached hydrogens (tertiary/aromatic N) is 1. The van der Waals surface area contributed by atoms with E-state index in [0.29, 0.717) is 36.8 Å². The molecule has 4 rings (SSSR count). The lowest BCUT2D eigenvalue weighted by molar-refractivity contribution is -0.126. The molecule has 2 aliphatic rings. The monoisotopic (exact) mass is 530 g/mol. The van der Waals surface area contributed by atoms with Crippen LogP contribution in [0.25, 0.3) is 0 Å². The van der Waals surface area contributed by atoms with Gasteiger partial charge in [0.15, 0.2) is 0 Å². The van der Waals surface area contributed by atoms with Crippen LogP contribution < -0.4 is 21.1 Å². The standard InChI is InChI=1S/C29H37F3N4O2/c1-3-36(22-14-12-21(13-15-22)34-18-29(30,31)32)26-11-7-10-24-23(26)9-6-4-5-8-20-16-19(2)35-28(38)25(20)17-33-27(24)37/h4,6-7,10-11,16,21-22,34H,3,5,8-9,12-15,17-18H2,1-2H3,(H,33,37)(H,35,38)/b6-4+/t21-,22-. The first kappa shape index (κ1) is 28.0. The molecule has 2 heterocycles. The molecule has 2 aromatic rings. The number of benzene rings is 1. The molecule has 0 bridgehead atoms. The fourth-order valence-corrected chi connectivity index (χ4v) is 5.77. The molecule has 0 saturated heterocycles. The Kier molecular flexibility index (Phi) is 8.97. The van der Waals surface area contributed by atoms with E-state index in [4.69, 9.17) is 0 Å². The van der Waals surface area contributed by atoms with Gasteiger partial charge in [-0.1, -0.05) is 18.2 Å². The summed E-state index contributed by atoms with van der Waals surface area (Å²) in [5.74, 6) is -0.224. The van der Waals surface area contributed by atoms with Gasteiger partial charge in [-0.05, 0) is 88.1 Å². The molecule has 0 atom stereocenters. The van der Waals surface area contributed by atoms with Crippen molar-refractivity contribution in [2.45, 2.75) is 83.6 Å². The summed E-state index contributed by atoms with van der Waals surface area (Å²) in [6, 6.07) is 7.77. The summed E-state index contributed by atoms with van der Waals surface area (Å²) in [5, 5.41) is 5.62. The first-order valence-electron chi connectivity index (χ1n) is 13.5. The molecule has 9 heteroatoms. The first-order valence-corrected chi connectivity index (χ1v) is 13.5. The van der Waals surface area contributed by atoms with Crippen molar-refractivity contribution in [2.24, 2.45) is 0 Å². The van der Waals surface area contributed by atoms with E-state index in [1.54, 1.807) is 0 Å². The number of hydrogen-bond donors (Lipinski definition) is 3. The fourth-order valence-electron chi connectivity index (χ4n) is 5.77. The van der Waals surface area contributed by atoms with Gasteiger partial charge in [-0.25, -0.2) is 0 Å². The van der Waals surface area contributed by atoms with Gasteiger partial charge >= 0.3 is 6.18 Å². The molecule has 1 saturated carbocycles. The molecule has 1 aliphatic heterocycles. The van der Waals surface area contributed by atoms with Gasteiger partial charge in [0.2, 0.25) is 0 Å². The van der Waals surface area contributed by atoms with Crippen molar-refractivity contribution in [1.82, 2.24) is 15.6 Å².